The smallest absolute Gasteiger partial charge is 0.305 e. The van der Waals surface area contributed by atoms with Gasteiger partial charge in [0.15, 0.2) is 11.5 Å². The summed E-state index contributed by atoms with van der Waals surface area (Å²) in [4.78, 5) is 28.0. The number of hydrogen-bond acceptors (Lipinski definition) is 6. The Morgan fingerprint density at radius 2 is 1.82 bits per heavy atom. The number of carboxylic acid groups (broad SMARTS) is 1. The number of amides is 1. The highest BCUT2D eigenvalue weighted by Crippen LogP contribution is 2.31. The Morgan fingerprint density at radius 3 is 2.36 bits per heavy atom. The first kappa shape index (κ1) is 21.0. The molecule has 0 saturated heterocycles. The topological polar surface area (TPSA) is 107 Å². The predicted molar refractivity (Wildman–Crippen MR) is 102 cm³/mol. The van der Waals surface area contributed by atoms with Gasteiger partial charge in [-0.3, -0.25) is 9.59 Å². The van der Waals surface area contributed by atoms with Gasteiger partial charge < -0.3 is 24.6 Å². The number of nitrogens with zero attached hydrogens (tertiary/aromatic N) is 1. The third-order valence-corrected chi connectivity index (χ3v) is 3.85. The summed E-state index contributed by atoms with van der Waals surface area (Å²) in [5.74, 6) is -0.116. The molecule has 0 spiro atoms. The number of ether oxygens (including phenoxy) is 3. The predicted octanol–water partition coefficient (Wildman–Crippen LogP) is 2.83. The van der Waals surface area contributed by atoms with Crippen molar-refractivity contribution >= 4 is 11.9 Å². The number of benzene rings is 1. The van der Waals surface area contributed by atoms with E-state index in [1.807, 2.05) is 13.8 Å². The van der Waals surface area contributed by atoms with E-state index in [0.717, 1.165) is 0 Å². The minimum Gasteiger partial charge on any atom is -0.493 e. The van der Waals surface area contributed by atoms with Gasteiger partial charge in [0.1, 0.15) is 0 Å². The minimum atomic E-state index is -1.04. The average molecular weight is 388 g/mol. The highest BCUT2D eigenvalue weighted by atomic mass is 16.5. The van der Waals surface area contributed by atoms with Crippen LogP contribution in [0.1, 0.15) is 42.2 Å². The molecule has 0 radical (unpaired) electrons. The van der Waals surface area contributed by atoms with Crippen LogP contribution in [-0.4, -0.2) is 42.3 Å². The van der Waals surface area contributed by atoms with Gasteiger partial charge in [-0.1, -0.05) is 6.07 Å². The highest BCUT2D eigenvalue weighted by molar-refractivity contribution is 5.94. The molecule has 2 rings (SSSR count). The molecule has 0 aliphatic heterocycles. The molecule has 1 amide bonds. The number of aromatic nitrogens is 1. The van der Waals surface area contributed by atoms with Crippen molar-refractivity contribution in [2.75, 3.05) is 14.2 Å². The largest absolute Gasteiger partial charge is 0.493 e. The van der Waals surface area contributed by atoms with Crippen LogP contribution in [0.4, 0.5) is 0 Å². The Kier molecular flexibility index (Phi) is 7.20. The molecule has 1 aromatic heterocycles. The van der Waals surface area contributed by atoms with E-state index in [0.29, 0.717) is 28.5 Å². The maximum atomic E-state index is 12.6. The molecule has 1 aromatic carbocycles. The van der Waals surface area contributed by atoms with Crippen LogP contribution < -0.4 is 19.5 Å². The van der Waals surface area contributed by atoms with Crippen molar-refractivity contribution in [3.05, 3.63) is 47.7 Å². The van der Waals surface area contributed by atoms with Crippen LogP contribution in [-0.2, 0) is 4.79 Å². The molecule has 8 nitrogen and oxygen atoms in total. The first-order valence-electron chi connectivity index (χ1n) is 8.71. The summed E-state index contributed by atoms with van der Waals surface area (Å²) >= 11 is 0. The van der Waals surface area contributed by atoms with Gasteiger partial charge in [-0.2, -0.15) is 0 Å². The molecule has 2 N–H and O–H groups in total. The molecule has 8 heteroatoms. The van der Waals surface area contributed by atoms with Crippen LogP contribution in [0.3, 0.4) is 0 Å². The molecule has 28 heavy (non-hydrogen) atoms. The van der Waals surface area contributed by atoms with Crippen LogP contribution in [0.25, 0.3) is 0 Å². The van der Waals surface area contributed by atoms with E-state index < -0.39 is 17.9 Å². The lowest BCUT2D eigenvalue weighted by Gasteiger charge is -2.19. The molecule has 0 bridgehead atoms. The van der Waals surface area contributed by atoms with Crippen molar-refractivity contribution < 1.29 is 28.9 Å². The van der Waals surface area contributed by atoms with Gasteiger partial charge in [0.25, 0.3) is 5.91 Å². The summed E-state index contributed by atoms with van der Waals surface area (Å²) in [6, 6.07) is 7.41. The molecule has 0 aliphatic carbocycles. The zero-order chi connectivity index (χ0) is 20.7. The third-order valence-electron chi connectivity index (χ3n) is 3.85. The van der Waals surface area contributed by atoms with Gasteiger partial charge in [0.2, 0.25) is 5.88 Å². The van der Waals surface area contributed by atoms with Crippen molar-refractivity contribution in [1.29, 1.82) is 0 Å². The Balaban J connectivity index is 2.22. The molecule has 1 atom stereocenters. The van der Waals surface area contributed by atoms with Gasteiger partial charge in [-0.15, -0.1) is 0 Å². The summed E-state index contributed by atoms with van der Waals surface area (Å²) < 4.78 is 15.9. The van der Waals surface area contributed by atoms with Crippen LogP contribution in [0.5, 0.6) is 17.4 Å². The molecule has 2 aromatic rings. The van der Waals surface area contributed by atoms with Crippen LogP contribution in [0, 0.1) is 0 Å². The number of carbonyl (C=O) groups is 2. The summed E-state index contributed by atoms with van der Waals surface area (Å²) in [5, 5.41) is 12.0. The second-order valence-corrected chi connectivity index (χ2v) is 6.29. The number of aliphatic carboxylic acids is 1. The maximum Gasteiger partial charge on any atom is 0.305 e. The molecular weight excluding hydrogens is 364 g/mol. The summed E-state index contributed by atoms with van der Waals surface area (Å²) in [6.45, 7) is 3.75. The zero-order valence-corrected chi connectivity index (χ0v) is 16.3. The summed E-state index contributed by atoms with van der Waals surface area (Å²) in [5.41, 5.74) is 0.882. The molecule has 150 valence electrons. The Labute approximate surface area is 163 Å². The summed E-state index contributed by atoms with van der Waals surface area (Å²) in [7, 11) is 2.99. The first-order chi connectivity index (χ1) is 13.3. The lowest BCUT2D eigenvalue weighted by Crippen LogP contribution is -2.30. The normalized spacial score (nSPS) is 11.6. The fourth-order valence-corrected chi connectivity index (χ4v) is 2.56. The Bertz CT molecular complexity index is 820. The lowest BCUT2D eigenvalue weighted by atomic mass is 10.0. The second kappa shape index (κ2) is 9.59. The fraction of sp³-hybridized carbons (Fsp3) is 0.350. The van der Waals surface area contributed by atoms with Crippen LogP contribution >= 0.6 is 0 Å². The van der Waals surface area contributed by atoms with Crippen molar-refractivity contribution in [2.24, 2.45) is 0 Å². The molecular formula is C20H24N2O6. The van der Waals surface area contributed by atoms with E-state index in [4.69, 9.17) is 14.2 Å². The minimum absolute atomic E-state index is 0.0304. The number of pyridine rings is 1. The standard InChI is InChI=1S/C20H24N2O6/c1-12(2)28-18-8-6-14(11-21-18)20(25)22-15(10-19(23)24)13-5-7-16(26-3)17(9-13)27-4/h5-9,11-12,15H,10H2,1-4H3,(H,22,25)(H,23,24). The summed E-state index contributed by atoms with van der Waals surface area (Å²) in [6.07, 6.45) is 1.07. The first-order valence-corrected chi connectivity index (χ1v) is 8.71. The van der Waals surface area contributed by atoms with E-state index in [9.17, 15) is 14.7 Å². The number of carboxylic acids is 1. The Hall–Kier alpha value is -3.29. The van der Waals surface area contributed by atoms with E-state index >= 15 is 0 Å². The number of methoxy groups -OCH3 is 2. The Morgan fingerprint density at radius 1 is 1.11 bits per heavy atom. The lowest BCUT2D eigenvalue weighted by molar-refractivity contribution is -0.137. The quantitative estimate of drug-likeness (QED) is 0.680. The van der Waals surface area contributed by atoms with Crippen LogP contribution in [0.15, 0.2) is 36.5 Å². The fourth-order valence-electron chi connectivity index (χ4n) is 2.56. The highest BCUT2D eigenvalue weighted by Gasteiger charge is 2.21. The number of nitrogens with one attached hydrogen (secondary N) is 1. The monoisotopic (exact) mass is 388 g/mol. The van der Waals surface area contributed by atoms with Crippen molar-refractivity contribution in [1.82, 2.24) is 10.3 Å². The van der Waals surface area contributed by atoms with Gasteiger partial charge in [0.05, 0.1) is 38.3 Å². The number of carbonyl (C=O) groups excluding carboxylic acids is 1. The number of hydrogen-bond donors (Lipinski definition) is 2. The van der Waals surface area contributed by atoms with Gasteiger partial charge in [0, 0.05) is 12.3 Å². The molecule has 0 saturated carbocycles. The SMILES string of the molecule is COc1ccc(C(CC(=O)O)NC(=O)c2ccc(OC(C)C)nc2)cc1OC. The molecule has 1 heterocycles. The van der Waals surface area contributed by atoms with Gasteiger partial charge in [-0.05, 0) is 37.6 Å². The third kappa shape index (κ3) is 5.60. The second-order valence-electron chi connectivity index (χ2n) is 6.29. The van der Waals surface area contributed by atoms with Crippen molar-refractivity contribution in [2.45, 2.75) is 32.4 Å². The van der Waals surface area contributed by atoms with Crippen molar-refractivity contribution in [3.63, 3.8) is 0 Å². The van der Waals surface area contributed by atoms with Crippen molar-refractivity contribution in [3.8, 4) is 17.4 Å². The molecule has 0 aliphatic rings. The zero-order valence-electron chi connectivity index (χ0n) is 16.3. The maximum absolute atomic E-state index is 12.6. The van der Waals surface area contributed by atoms with E-state index in [1.54, 1.807) is 30.3 Å². The van der Waals surface area contributed by atoms with E-state index in [2.05, 4.69) is 10.3 Å². The van der Waals surface area contributed by atoms with Crippen LogP contribution in [0.2, 0.25) is 0 Å². The van der Waals surface area contributed by atoms with E-state index in [-0.39, 0.29) is 12.5 Å². The van der Waals surface area contributed by atoms with Gasteiger partial charge >= 0.3 is 5.97 Å². The average Bonchev–Trinajstić information content (AvgIpc) is 2.66. The van der Waals surface area contributed by atoms with Gasteiger partial charge in [-0.25, -0.2) is 4.98 Å². The molecule has 1 unspecified atom stereocenters. The number of rotatable bonds is 9. The molecule has 0 fully saturated rings. The van der Waals surface area contributed by atoms with E-state index in [1.165, 1.54) is 20.4 Å².